The van der Waals surface area contributed by atoms with Crippen LogP contribution in [0, 0.1) is 12.8 Å². The molecule has 0 bridgehead atoms. The summed E-state index contributed by atoms with van der Waals surface area (Å²) in [5.74, 6) is 2.00. The van der Waals surface area contributed by atoms with Gasteiger partial charge in [0.25, 0.3) is 0 Å². The zero-order chi connectivity index (χ0) is 17.1. The molecule has 1 aromatic heterocycles. The first-order valence-electron chi connectivity index (χ1n) is 9.26. The summed E-state index contributed by atoms with van der Waals surface area (Å²) in [4.78, 5) is 26.1. The molecule has 132 valence electrons. The monoisotopic (exact) mass is 331 g/mol. The maximum absolute atomic E-state index is 12.7. The third kappa shape index (κ3) is 3.97. The summed E-state index contributed by atoms with van der Waals surface area (Å²) in [6.45, 7) is 9.30. The summed E-state index contributed by atoms with van der Waals surface area (Å²) in [5.41, 5.74) is 0.973. The van der Waals surface area contributed by atoms with Gasteiger partial charge in [0.1, 0.15) is 5.82 Å². The summed E-state index contributed by atoms with van der Waals surface area (Å²) in [6, 6.07) is 2.58. The van der Waals surface area contributed by atoms with Crippen molar-refractivity contribution in [2.45, 2.75) is 52.5 Å². The summed E-state index contributed by atoms with van der Waals surface area (Å²) in [5, 5.41) is 3.45. The van der Waals surface area contributed by atoms with Gasteiger partial charge in [-0.1, -0.05) is 0 Å². The molecular formula is C18H29N5O. The lowest BCUT2D eigenvalue weighted by molar-refractivity contribution is -0.135. The molecule has 1 unspecified atom stereocenters. The van der Waals surface area contributed by atoms with Gasteiger partial charge in [0.2, 0.25) is 11.9 Å². The van der Waals surface area contributed by atoms with Gasteiger partial charge in [0.15, 0.2) is 0 Å². The van der Waals surface area contributed by atoms with Crippen molar-refractivity contribution in [3.05, 3.63) is 11.8 Å². The van der Waals surface area contributed by atoms with Crippen LogP contribution in [0.15, 0.2) is 6.07 Å². The van der Waals surface area contributed by atoms with E-state index in [-0.39, 0.29) is 11.8 Å². The Hall–Kier alpha value is -1.85. The highest BCUT2D eigenvalue weighted by Crippen LogP contribution is 2.26. The van der Waals surface area contributed by atoms with Crippen LogP contribution >= 0.6 is 0 Å². The highest BCUT2D eigenvalue weighted by atomic mass is 16.2. The fraction of sp³-hybridized carbons (Fsp3) is 0.722. The summed E-state index contributed by atoms with van der Waals surface area (Å²) < 4.78 is 0. The molecule has 24 heavy (non-hydrogen) atoms. The predicted molar refractivity (Wildman–Crippen MR) is 96.3 cm³/mol. The average molecular weight is 331 g/mol. The first-order valence-corrected chi connectivity index (χ1v) is 9.26. The van der Waals surface area contributed by atoms with Gasteiger partial charge in [-0.3, -0.25) is 4.79 Å². The largest absolute Gasteiger partial charge is 0.367 e. The van der Waals surface area contributed by atoms with Crippen molar-refractivity contribution in [2.75, 3.05) is 36.4 Å². The molecule has 1 saturated heterocycles. The molecular weight excluding hydrogens is 302 g/mol. The SMILES string of the molecule is CCN(CC)C(=O)C1CCCN(c2nc(C)cc(NC3CC3)n2)C1. The lowest BCUT2D eigenvalue weighted by Gasteiger charge is -2.34. The lowest BCUT2D eigenvalue weighted by Crippen LogP contribution is -2.45. The third-order valence-electron chi connectivity index (χ3n) is 4.90. The lowest BCUT2D eigenvalue weighted by atomic mass is 9.96. The highest BCUT2D eigenvalue weighted by Gasteiger charge is 2.30. The van der Waals surface area contributed by atoms with Gasteiger partial charge in [-0.05, 0) is 46.5 Å². The predicted octanol–water partition coefficient (Wildman–Crippen LogP) is 2.44. The van der Waals surface area contributed by atoms with E-state index in [0.717, 1.165) is 56.5 Å². The number of hydrogen-bond donors (Lipinski definition) is 1. The molecule has 1 aromatic rings. The average Bonchev–Trinajstić information content (AvgIpc) is 3.39. The minimum atomic E-state index is 0.0580. The van der Waals surface area contributed by atoms with Gasteiger partial charge >= 0.3 is 0 Å². The number of piperidine rings is 1. The number of anilines is 2. The molecule has 1 amide bonds. The minimum Gasteiger partial charge on any atom is -0.367 e. The summed E-state index contributed by atoms with van der Waals surface area (Å²) in [7, 11) is 0. The van der Waals surface area contributed by atoms with Crippen LogP contribution in [0.25, 0.3) is 0 Å². The zero-order valence-corrected chi connectivity index (χ0v) is 15.1. The Balaban J connectivity index is 1.72. The second-order valence-electron chi connectivity index (χ2n) is 6.91. The van der Waals surface area contributed by atoms with E-state index < -0.39 is 0 Å². The molecule has 6 nitrogen and oxygen atoms in total. The van der Waals surface area contributed by atoms with Crippen LogP contribution in [0.4, 0.5) is 11.8 Å². The number of rotatable bonds is 6. The zero-order valence-electron chi connectivity index (χ0n) is 15.1. The van der Waals surface area contributed by atoms with Crippen LogP contribution in [-0.4, -0.2) is 53.0 Å². The van der Waals surface area contributed by atoms with Gasteiger partial charge < -0.3 is 15.1 Å². The van der Waals surface area contributed by atoms with Crippen LogP contribution in [0.1, 0.15) is 45.2 Å². The van der Waals surface area contributed by atoms with Gasteiger partial charge in [-0.2, -0.15) is 4.98 Å². The molecule has 1 N–H and O–H groups in total. The number of carbonyl (C=O) groups is 1. The Labute approximate surface area is 144 Å². The number of carbonyl (C=O) groups excluding carboxylic acids is 1. The molecule has 1 aliphatic carbocycles. The number of amides is 1. The van der Waals surface area contributed by atoms with Gasteiger partial charge in [0.05, 0.1) is 5.92 Å². The second-order valence-corrected chi connectivity index (χ2v) is 6.91. The van der Waals surface area contributed by atoms with E-state index in [1.807, 2.05) is 31.7 Å². The Kier molecular flexibility index (Phi) is 5.21. The molecule has 3 rings (SSSR count). The van der Waals surface area contributed by atoms with E-state index in [2.05, 4.69) is 15.2 Å². The van der Waals surface area contributed by atoms with Crippen LogP contribution in [0.2, 0.25) is 0 Å². The summed E-state index contributed by atoms with van der Waals surface area (Å²) >= 11 is 0. The molecule has 2 aliphatic rings. The summed E-state index contributed by atoms with van der Waals surface area (Å²) in [6.07, 6.45) is 4.43. The van der Waals surface area contributed by atoms with E-state index in [4.69, 9.17) is 4.98 Å². The quantitative estimate of drug-likeness (QED) is 0.867. The van der Waals surface area contributed by atoms with Crippen molar-refractivity contribution < 1.29 is 4.79 Å². The smallest absolute Gasteiger partial charge is 0.227 e. The van der Waals surface area contributed by atoms with Crippen molar-refractivity contribution in [3.8, 4) is 0 Å². The molecule has 0 radical (unpaired) electrons. The third-order valence-corrected chi connectivity index (χ3v) is 4.90. The van der Waals surface area contributed by atoms with Crippen LogP contribution in [0.3, 0.4) is 0 Å². The Bertz CT molecular complexity index is 583. The maximum Gasteiger partial charge on any atom is 0.227 e. The molecule has 1 saturated carbocycles. The standard InChI is InChI=1S/C18H29N5O/c1-4-22(5-2)17(24)14-7-6-10-23(12-14)18-19-13(3)11-16(21-18)20-15-8-9-15/h11,14-15H,4-10,12H2,1-3H3,(H,19,20,21). The topological polar surface area (TPSA) is 61.4 Å². The Morgan fingerprint density at radius 2 is 2.04 bits per heavy atom. The van der Waals surface area contributed by atoms with Crippen LogP contribution in [-0.2, 0) is 4.79 Å². The molecule has 1 atom stereocenters. The van der Waals surface area contributed by atoms with Crippen molar-refractivity contribution in [1.29, 1.82) is 0 Å². The minimum absolute atomic E-state index is 0.0580. The maximum atomic E-state index is 12.7. The second kappa shape index (κ2) is 7.36. The number of aromatic nitrogens is 2. The molecule has 1 aliphatic heterocycles. The van der Waals surface area contributed by atoms with Crippen molar-refractivity contribution in [2.24, 2.45) is 5.92 Å². The first kappa shape index (κ1) is 17.0. The van der Waals surface area contributed by atoms with Gasteiger partial charge in [-0.15, -0.1) is 0 Å². The van der Waals surface area contributed by atoms with Gasteiger partial charge in [0, 0.05) is 44.0 Å². The fourth-order valence-corrected chi connectivity index (χ4v) is 3.36. The van der Waals surface area contributed by atoms with E-state index in [1.54, 1.807) is 0 Å². The van der Waals surface area contributed by atoms with Crippen molar-refractivity contribution in [3.63, 3.8) is 0 Å². The van der Waals surface area contributed by atoms with Crippen LogP contribution in [0.5, 0.6) is 0 Å². The Morgan fingerprint density at radius 1 is 1.29 bits per heavy atom. The highest BCUT2D eigenvalue weighted by molar-refractivity contribution is 5.79. The van der Waals surface area contributed by atoms with E-state index in [0.29, 0.717) is 6.04 Å². The number of aryl methyl sites for hydroxylation is 1. The number of nitrogens with one attached hydrogen (secondary N) is 1. The number of nitrogens with zero attached hydrogens (tertiary/aromatic N) is 4. The van der Waals surface area contributed by atoms with E-state index in [1.165, 1.54) is 12.8 Å². The van der Waals surface area contributed by atoms with E-state index in [9.17, 15) is 4.79 Å². The van der Waals surface area contributed by atoms with Crippen molar-refractivity contribution >= 4 is 17.7 Å². The van der Waals surface area contributed by atoms with Gasteiger partial charge in [-0.25, -0.2) is 4.98 Å². The molecule has 0 spiro atoms. The number of hydrogen-bond acceptors (Lipinski definition) is 5. The van der Waals surface area contributed by atoms with E-state index >= 15 is 0 Å². The van der Waals surface area contributed by atoms with Crippen molar-refractivity contribution in [1.82, 2.24) is 14.9 Å². The molecule has 0 aromatic carbocycles. The Morgan fingerprint density at radius 3 is 2.71 bits per heavy atom. The molecule has 2 fully saturated rings. The fourth-order valence-electron chi connectivity index (χ4n) is 3.36. The molecule has 2 heterocycles. The normalized spacial score (nSPS) is 20.8. The van der Waals surface area contributed by atoms with Crippen LogP contribution < -0.4 is 10.2 Å². The molecule has 6 heteroatoms. The first-order chi connectivity index (χ1) is 11.6.